The standard InChI is InChI=1S/C20H15F2N3O8/c21-13-3-2-12(6-14(13)22)24-18(26)8-23-19(27)9-31-20(28)4-1-11-5-16-17(33-10-32-16)7-15(11)25(29)30/h1-7H,8-10H2,(H,23,27)(H,24,26)/b4-1+. The van der Waals surface area contributed by atoms with E-state index >= 15 is 0 Å². The van der Waals surface area contributed by atoms with E-state index in [4.69, 9.17) is 14.2 Å². The zero-order chi connectivity index (χ0) is 24.0. The van der Waals surface area contributed by atoms with Crippen molar-refractivity contribution in [3.05, 3.63) is 63.7 Å². The molecule has 0 saturated heterocycles. The van der Waals surface area contributed by atoms with Gasteiger partial charge in [-0.05, 0) is 24.3 Å². The lowest BCUT2D eigenvalue weighted by Crippen LogP contribution is -2.35. The second-order valence-corrected chi connectivity index (χ2v) is 6.42. The molecule has 2 aromatic carbocycles. The predicted octanol–water partition coefficient (Wildman–Crippen LogP) is 1.91. The average molecular weight is 463 g/mol. The molecule has 0 unspecified atom stereocenters. The van der Waals surface area contributed by atoms with E-state index in [1.165, 1.54) is 6.07 Å². The molecule has 0 spiro atoms. The van der Waals surface area contributed by atoms with E-state index in [2.05, 4.69) is 10.6 Å². The van der Waals surface area contributed by atoms with Crippen LogP contribution in [-0.4, -0.2) is 42.7 Å². The fourth-order valence-corrected chi connectivity index (χ4v) is 2.59. The molecule has 0 radical (unpaired) electrons. The van der Waals surface area contributed by atoms with E-state index < -0.39 is 47.5 Å². The van der Waals surface area contributed by atoms with Crippen LogP contribution >= 0.6 is 0 Å². The lowest BCUT2D eigenvalue weighted by Gasteiger charge is -2.07. The number of amides is 2. The van der Waals surface area contributed by atoms with Crippen LogP contribution in [0.15, 0.2) is 36.4 Å². The zero-order valence-electron chi connectivity index (χ0n) is 16.6. The van der Waals surface area contributed by atoms with Crippen molar-refractivity contribution in [3.63, 3.8) is 0 Å². The topological polar surface area (TPSA) is 146 Å². The molecular weight excluding hydrogens is 448 g/mol. The highest BCUT2D eigenvalue weighted by atomic mass is 19.2. The van der Waals surface area contributed by atoms with Gasteiger partial charge in [0.15, 0.2) is 29.7 Å². The van der Waals surface area contributed by atoms with Gasteiger partial charge in [0.2, 0.25) is 12.7 Å². The molecule has 33 heavy (non-hydrogen) atoms. The van der Waals surface area contributed by atoms with Crippen molar-refractivity contribution >= 4 is 35.2 Å². The number of halogens is 2. The van der Waals surface area contributed by atoms with Crippen LogP contribution in [0.1, 0.15) is 5.56 Å². The minimum atomic E-state index is -1.15. The summed E-state index contributed by atoms with van der Waals surface area (Å²) in [5.41, 5.74) is -0.282. The molecule has 0 aliphatic carbocycles. The van der Waals surface area contributed by atoms with Crippen LogP contribution in [0.2, 0.25) is 0 Å². The quantitative estimate of drug-likeness (QED) is 0.261. The van der Waals surface area contributed by atoms with Crippen molar-refractivity contribution in [2.24, 2.45) is 0 Å². The van der Waals surface area contributed by atoms with E-state index in [-0.39, 0.29) is 35.2 Å². The van der Waals surface area contributed by atoms with Gasteiger partial charge in [0.25, 0.3) is 11.6 Å². The molecule has 1 aliphatic rings. The Kier molecular flexibility index (Phi) is 7.13. The molecule has 1 aliphatic heterocycles. The minimum absolute atomic E-state index is 0.0117. The van der Waals surface area contributed by atoms with Gasteiger partial charge in [-0.15, -0.1) is 0 Å². The van der Waals surface area contributed by atoms with E-state index in [9.17, 15) is 33.3 Å². The molecule has 2 N–H and O–H groups in total. The molecule has 0 bridgehead atoms. The third kappa shape index (κ3) is 6.22. The first kappa shape index (κ1) is 23.1. The first-order chi connectivity index (χ1) is 15.7. The van der Waals surface area contributed by atoms with Gasteiger partial charge in [-0.2, -0.15) is 0 Å². The number of carbonyl (C=O) groups is 3. The Morgan fingerprint density at radius 1 is 1.09 bits per heavy atom. The van der Waals surface area contributed by atoms with Gasteiger partial charge in [-0.25, -0.2) is 13.6 Å². The second kappa shape index (κ2) is 10.2. The molecule has 0 saturated carbocycles. The number of hydrogen-bond acceptors (Lipinski definition) is 8. The first-order valence-electron chi connectivity index (χ1n) is 9.17. The highest BCUT2D eigenvalue weighted by molar-refractivity contribution is 5.95. The lowest BCUT2D eigenvalue weighted by atomic mass is 10.1. The molecule has 1 heterocycles. The number of benzene rings is 2. The maximum atomic E-state index is 13.1. The molecule has 0 fully saturated rings. The summed E-state index contributed by atoms with van der Waals surface area (Å²) < 4.78 is 40.9. The molecular formula is C20H15F2N3O8. The van der Waals surface area contributed by atoms with Crippen LogP contribution < -0.4 is 20.1 Å². The molecule has 3 rings (SSSR count). The SMILES string of the molecule is O=C(COC(=O)/C=C/c1cc2c(cc1[N+](=O)[O-])OCO2)NCC(=O)Nc1ccc(F)c(F)c1. The largest absolute Gasteiger partial charge is 0.454 e. The van der Waals surface area contributed by atoms with Crippen molar-refractivity contribution in [2.75, 3.05) is 25.3 Å². The van der Waals surface area contributed by atoms with Gasteiger partial charge in [-0.1, -0.05) is 0 Å². The van der Waals surface area contributed by atoms with Crippen LogP contribution in [0.5, 0.6) is 11.5 Å². The Morgan fingerprint density at radius 3 is 2.52 bits per heavy atom. The van der Waals surface area contributed by atoms with Crippen LogP contribution in [-0.2, 0) is 19.1 Å². The normalized spacial score (nSPS) is 11.8. The Hall–Kier alpha value is -4.55. The molecule has 2 amide bonds. The fourth-order valence-electron chi connectivity index (χ4n) is 2.59. The van der Waals surface area contributed by atoms with Gasteiger partial charge < -0.3 is 24.8 Å². The van der Waals surface area contributed by atoms with Crippen LogP contribution in [0, 0.1) is 21.7 Å². The van der Waals surface area contributed by atoms with Crippen molar-refractivity contribution in [1.82, 2.24) is 5.32 Å². The Morgan fingerprint density at radius 2 is 1.82 bits per heavy atom. The number of anilines is 1. The van der Waals surface area contributed by atoms with E-state index in [0.717, 1.165) is 36.4 Å². The van der Waals surface area contributed by atoms with Crippen molar-refractivity contribution in [1.29, 1.82) is 0 Å². The first-order valence-corrected chi connectivity index (χ1v) is 9.17. The van der Waals surface area contributed by atoms with Gasteiger partial charge >= 0.3 is 5.97 Å². The summed E-state index contributed by atoms with van der Waals surface area (Å²) >= 11 is 0. The Labute approximate surface area is 184 Å². The number of nitro benzene ring substituents is 1. The number of nitrogens with zero attached hydrogens (tertiary/aromatic N) is 1. The number of nitro groups is 1. The summed E-state index contributed by atoms with van der Waals surface area (Å²) in [4.78, 5) is 45.8. The number of rotatable bonds is 8. The van der Waals surface area contributed by atoms with Crippen LogP contribution in [0.3, 0.4) is 0 Å². The maximum Gasteiger partial charge on any atom is 0.331 e. The number of nitrogens with one attached hydrogen (secondary N) is 2. The number of carbonyl (C=O) groups excluding carboxylic acids is 3. The van der Waals surface area contributed by atoms with E-state index in [1.54, 1.807) is 0 Å². The molecule has 0 atom stereocenters. The Balaban J connectivity index is 1.46. The second-order valence-electron chi connectivity index (χ2n) is 6.42. The highest BCUT2D eigenvalue weighted by Gasteiger charge is 2.22. The summed E-state index contributed by atoms with van der Waals surface area (Å²) in [5.74, 6) is -4.26. The van der Waals surface area contributed by atoms with Gasteiger partial charge in [0.05, 0.1) is 23.1 Å². The summed E-state index contributed by atoms with van der Waals surface area (Å²) in [6.07, 6.45) is 2.00. The van der Waals surface area contributed by atoms with E-state index in [1.807, 2.05) is 0 Å². The molecule has 2 aromatic rings. The van der Waals surface area contributed by atoms with Crippen molar-refractivity contribution in [3.8, 4) is 11.5 Å². The minimum Gasteiger partial charge on any atom is -0.454 e. The van der Waals surface area contributed by atoms with Gasteiger partial charge in [-0.3, -0.25) is 19.7 Å². The molecule has 172 valence electrons. The fraction of sp³-hybridized carbons (Fsp3) is 0.150. The maximum absolute atomic E-state index is 13.1. The lowest BCUT2D eigenvalue weighted by molar-refractivity contribution is -0.385. The predicted molar refractivity (Wildman–Crippen MR) is 107 cm³/mol. The van der Waals surface area contributed by atoms with Gasteiger partial charge in [0.1, 0.15) is 0 Å². The van der Waals surface area contributed by atoms with Crippen molar-refractivity contribution in [2.45, 2.75) is 0 Å². The monoisotopic (exact) mass is 463 g/mol. The number of fused-ring (bicyclic) bond motifs is 1. The Bertz CT molecular complexity index is 1150. The summed E-state index contributed by atoms with van der Waals surface area (Å²) in [5, 5.41) is 15.6. The smallest absolute Gasteiger partial charge is 0.331 e. The summed E-state index contributed by atoms with van der Waals surface area (Å²) in [6.45, 7) is -1.34. The van der Waals surface area contributed by atoms with Gasteiger partial charge in [0, 0.05) is 17.8 Å². The molecule has 0 aromatic heterocycles. The summed E-state index contributed by atoms with van der Waals surface area (Å²) in [7, 11) is 0. The van der Waals surface area contributed by atoms with Crippen LogP contribution in [0.25, 0.3) is 6.08 Å². The zero-order valence-corrected chi connectivity index (χ0v) is 16.6. The number of hydrogen-bond donors (Lipinski definition) is 2. The van der Waals surface area contributed by atoms with Crippen LogP contribution in [0.4, 0.5) is 20.2 Å². The third-order valence-corrected chi connectivity index (χ3v) is 4.11. The van der Waals surface area contributed by atoms with Crippen molar-refractivity contribution < 1.29 is 42.3 Å². The molecule has 13 heteroatoms. The molecule has 11 nitrogen and oxygen atoms in total. The number of ether oxygens (including phenoxy) is 3. The summed E-state index contributed by atoms with van der Waals surface area (Å²) in [6, 6.07) is 5.22. The third-order valence-electron chi connectivity index (χ3n) is 4.11. The highest BCUT2D eigenvalue weighted by Crippen LogP contribution is 2.38. The number of esters is 1. The van der Waals surface area contributed by atoms with E-state index in [0.29, 0.717) is 0 Å². The average Bonchev–Trinajstić information content (AvgIpc) is 3.24.